The highest BCUT2D eigenvalue weighted by atomic mass is 16.3. The zero-order valence-corrected chi connectivity index (χ0v) is 13.4. The van der Waals surface area contributed by atoms with E-state index in [1.807, 2.05) is 0 Å². The molecule has 2 heteroatoms. The molecule has 2 aliphatic rings. The number of hydrogen-bond acceptors (Lipinski definition) is 1. The van der Waals surface area contributed by atoms with Gasteiger partial charge in [-0.25, -0.2) is 0 Å². The highest BCUT2D eigenvalue weighted by Gasteiger charge is 2.52. The number of aliphatic hydroxyl groups is 1. The smallest absolute Gasteiger partial charge is 0.103 e. The van der Waals surface area contributed by atoms with Crippen LogP contribution in [-0.4, -0.2) is 40.9 Å². The molecule has 2 aliphatic heterocycles. The maximum atomic E-state index is 9.58. The number of quaternary nitrogens is 1. The molecule has 0 aromatic heterocycles. The second kappa shape index (κ2) is 6.13. The molecule has 112 valence electrons. The summed E-state index contributed by atoms with van der Waals surface area (Å²) < 4.78 is 1.23. The Hall–Kier alpha value is -0.0800. The lowest BCUT2D eigenvalue weighted by Crippen LogP contribution is -2.70. The molecule has 0 amide bonds. The van der Waals surface area contributed by atoms with Crippen LogP contribution in [0.3, 0.4) is 0 Å². The fraction of sp³-hybridized carbons (Fsp3) is 1.00. The highest BCUT2D eigenvalue weighted by Crippen LogP contribution is 2.46. The third-order valence-electron chi connectivity index (χ3n) is 5.90. The highest BCUT2D eigenvalue weighted by molar-refractivity contribution is 4.86. The first-order valence-corrected chi connectivity index (χ1v) is 8.48. The van der Waals surface area contributed by atoms with Crippen molar-refractivity contribution in [3.8, 4) is 0 Å². The SMILES string of the molecule is CC(C)CC1C[C@H]2CCC[C@@H](C1)[N+]2(CCO)C(C)C. The largest absolute Gasteiger partial charge is 0.391 e. The van der Waals surface area contributed by atoms with Crippen molar-refractivity contribution in [3.63, 3.8) is 0 Å². The van der Waals surface area contributed by atoms with Crippen LogP contribution >= 0.6 is 0 Å². The summed E-state index contributed by atoms with van der Waals surface area (Å²) in [6.07, 6.45) is 8.43. The van der Waals surface area contributed by atoms with Crippen LogP contribution in [0.15, 0.2) is 0 Å². The molecule has 0 aliphatic carbocycles. The van der Waals surface area contributed by atoms with Gasteiger partial charge in [0.2, 0.25) is 0 Å². The number of hydrogen-bond donors (Lipinski definition) is 1. The van der Waals surface area contributed by atoms with Crippen molar-refractivity contribution in [3.05, 3.63) is 0 Å². The third kappa shape index (κ3) is 2.85. The Morgan fingerprint density at radius 2 is 1.63 bits per heavy atom. The van der Waals surface area contributed by atoms with E-state index >= 15 is 0 Å². The van der Waals surface area contributed by atoms with Gasteiger partial charge in [0.15, 0.2) is 0 Å². The summed E-state index contributed by atoms with van der Waals surface area (Å²) in [5, 5.41) is 9.58. The van der Waals surface area contributed by atoms with Crippen LogP contribution in [0.4, 0.5) is 0 Å². The molecular formula is C17H34NO+. The summed E-state index contributed by atoms with van der Waals surface area (Å²) in [5.74, 6) is 1.78. The molecule has 19 heavy (non-hydrogen) atoms. The number of nitrogens with zero attached hydrogens (tertiary/aromatic N) is 1. The van der Waals surface area contributed by atoms with Crippen molar-refractivity contribution in [2.24, 2.45) is 11.8 Å². The summed E-state index contributed by atoms with van der Waals surface area (Å²) in [6.45, 7) is 10.8. The van der Waals surface area contributed by atoms with Crippen LogP contribution in [0, 0.1) is 11.8 Å². The van der Waals surface area contributed by atoms with Gasteiger partial charge >= 0.3 is 0 Å². The van der Waals surface area contributed by atoms with Gasteiger partial charge in [-0.3, -0.25) is 0 Å². The Bertz CT molecular complexity index is 273. The van der Waals surface area contributed by atoms with Crippen molar-refractivity contribution < 1.29 is 9.59 Å². The standard InChI is InChI=1S/C17H34NO/c1-13(2)10-15-11-16-6-5-7-17(12-15)18(16,8-9-19)14(3)4/h13-17,19H,5-12H2,1-4H3/q+1/t15?,16-,17+,18?. The summed E-state index contributed by atoms with van der Waals surface area (Å²) >= 11 is 0. The lowest BCUT2D eigenvalue weighted by Gasteiger charge is -2.60. The van der Waals surface area contributed by atoms with E-state index in [9.17, 15) is 5.11 Å². The van der Waals surface area contributed by atoms with Crippen molar-refractivity contribution in [1.29, 1.82) is 0 Å². The van der Waals surface area contributed by atoms with Gasteiger partial charge in [0.1, 0.15) is 6.54 Å². The van der Waals surface area contributed by atoms with Crippen LogP contribution in [-0.2, 0) is 0 Å². The van der Waals surface area contributed by atoms with Crippen molar-refractivity contribution in [1.82, 2.24) is 0 Å². The number of aliphatic hydroxyl groups excluding tert-OH is 1. The molecule has 0 radical (unpaired) electrons. The van der Waals surface area contributed by atoms with E-state index in [1.54, 1.807) is 0 Å². The normalized spacial score (nSPS) is 39.0. The van der Waals surface area contributed by atoms with E-state index in [2.05, 4.69) is 27.7 Å². The summed E-state index contributed by atoms with van der Waals surface area (Å²) in [7, 11) is 0. The van der Waals surface area contributed by atoms with E-state index in [0.29, 0.717) is 12.6 Å². The summed E-state index contributed by atoms with van der Waals surface area (Å²) in [6, 6.07) is 2.31. The number of fused-ring (bicyclic) bond motifs is 2. The summed E-state index contributed by atoms with van der Waals surface area (Å²) in [4.78, 5) is 0. The van der Waals surface area contributed by atoms with Gasteiger partial charge < -0.3 is 9.59 Å². The van der Waals surface area contributed by atoms with E-state index in [-0.39, 0.29) is 0 Å². The minimum atomic E-state index is 0.361. The second-order valence-corrected chi connectivity index (χ2v) is 7.74. The van der Waals surface area contributed by atoms with Crippen LogP contribution < -0.4 is 0 Å². The van der Waals surface area contributed by atoms with Crippen LogP contribution in [0.2, 0.25) is 0 Å². The Morgan fingerprint density at radius 3 is 2.05 bits per heavy atom. The minimum Gasteiger partial charge on any atom is -0.391 e. The number of piperidine rings is 2. The van der Waals surface area contributed by atoms with Crippen LogP contribution in [0.5, 0.6) is 0 Å². The van der Waals surface area contributed by atoms with Crippen molar-refractivity contribution >= 4 is 0 Å². The number of rotatable bonds is 5. The quantitative estimate of drug-likeness (QED) is 0.756. The molecule has 1 N–H and O–H groups in total. The molecule has 2 nitrogen and oxygen atoms in total. The molecule has 0 saturated carbocycles. The molecule has 0 spiro atoms. The van der Waals surface area contributed by atoms with Gasteiger partial charge in [0, 0.05) is 12.8 Å². The zero-order chi connectivity index (χ0) is 14.0. The molecule has 4 atom stereocenters. The van der Waals surface area contributed by atoms with E-state index in [1.165, 1.54) is 43.0 Å². The Labute approximate surface area is 119 Å². The molecule has 0 aromatic rings. The second-order valence-electron chi connectivity index (χ2n) is 7.74. The Kier molecular flexibility index (Phi) is 4.94. The predicted molar refractivity (Wildman–Crippen MR) is 81.0 cm³/mol. The topological polar surface area (TPSA) is 20.2 Å². The van der Waals surface area contributed by atoms with E-state index in [4.69, 9.17) is 0 Å². The fourth-order valence-electron chi connectivity index (χ4n) is 5.36. The first kappa shape index (κ1) is 15.3. The maximum absolute atomic E-state index is 9.58. The first-order chi connectivity index (χ1) is 9.00. The van der Waals surface area contributed by atoms with E-state index < -0.39 is 0 Å². The van der Waals surface area contributed by atoms with E-state index in [0.717, 1.165) is 30.5 Å². The summed E-state index contributed by atoms with van der Waals surface area (Å²) in [5.41, 5.74) is 0. The fourth-order valence-corrected chi connectivity index (χ4v) is 5.36. The van der Waals surface area contributed by atoms with Gasteiger partial charge in [0.25, 0.3) is 0 Å². The van der Waals surface area contributed by atoms with Crippen molar-refractivity contribution in [2.45, 2.75) is 84.3 Å². The maximum Gasteiger partial charge on any atom is 0.103 e. The van der Waals surface area contributed by atoms with Gasteiger partial charge in [-0.15, -0.1) is 0 Å². The molecule has 2 rings (SSSR count). The van der Waals surface area contributed by atoms with Gasteiger partial charge in [-0.2, -0.15) is 0 Å². The molecule has 0 aromatic carbocycles. The van der Waals surface area contributed by atoms with Gasteiger partial charge in [0.05, 0.1) is 24.7 Å². The lowest BCUT2D eigenvalue weighted by molar-refractivity contribution is -1.00. The lowest BCUT2D eigenvalue weighted by atomic mass is 9.72. The minimum absolute atomic E-state index is 0.361. The van der Waals surface area contributed by atoms with Crippen LogP contribution in [0.25, 0.3) is 0 Å². The van der Waals surface area contributed by atoms with Gasteiger partial charge in [-0.05, 0) is 51.4 Å². The third-order valence-corrected chi connectivity index (χ3v) is 5.90. The Morgan fingerprint density at radius 1 is 1.05 bits per heavy atom. The van der Waals surface area contributed by atoms with Crippen LogP contribution in [0.1, 0.15) is 66.2 Å². The average molecular weight is 268 g/mol. The molecule has 2 unspecified atom stereocenters. The molecular weight excluding hydrogens is 234 g/mol. The monoisotopic (exact) mass is 268 g/mol. The zero-order valence-electron chi connectivity index (χ0n) is 13.4. The van der Waals surface area contributed by atoms with Crippen molar-refractivity contribution in [2.75, 3.05) is 13.2 Å². The molecule has 2 fully saturated rings. The predicted octanol–water partition coefficient (Wildman–Crippen LogP) is 3.58. The Balaban J connectivity index is 2.18. The van der Waals surface area contributed by atoms with Gasteiger partial charge in [-0.1, -0.05) is 13.8 Å². The first-order valence-electron chi connectivity index (χ1n) is 8.48. The molecule has 2 heterocycles. The molecule has 2 saturated heterocycles. The molecule has 2 bridgehead atoms. The average Bonchev–Trinajstić information content (AvgIpc) is 2.29.